The van der Waals surface area contributed by atoms with Crippen LogP contribution in [0.15, 0.2) is 30.6 Å². The Morgan fingerprint density at radius 3 is 2.94 bits per heavy atom. The van der Waals surface area contributed by atoms with E-state index in [9.17, 15) is 0 Å². The highest BCUT2D eigenvalue weighted by Gasteiger charge is 2.06. The molecule has 0 spiro atoms. The summed E-state index contributed by atoms with van der Waals surface area (Å²) in [6.45, 7) is 1.21. The van der Waals surface area contributed by atoms with Crippen molar-refractivity contribution in [3.63, 3.8) is 0 Å². The Labute approximate surface area is 111 Å². The van der Waals surface area contributed by atoms with Gasteiger partial charge in [0, 0.05) is 23.8 Å². The molecule has 0 radical (unpaired) electrons. The van der Waals surface area contributed by atoms with E-state index in [0.717, 1.165) is 17.8 Å². The van der Waals surface area contributed by atoms with Gasteiger partial charge in [0.15, 0.2) is 0 Å². The molecule has 2 N–H and O–H groups in total. The summed E-state index contributed by atoms with van der Waals surface area (Å²) in [7, 11) is 0. The molecule has 2 aromatic rings. The fraction of sp³-hybridized carbons (Fsp3) is 0.231. The molecule has 0 saturated heterocycles. The van der Waals surface area contributed by atoms with Gasteiger partial charge in [0.05, 0.1) is 18.2 Å². The van der Waals surface area contributed by atoms with Gasteiger partial charge in [-0.25, -0.2) is 4.98 Å². The number of hydrogen-bond donors (Lipinski definition) is 1. The molecule has 0 bridgehead atoms. The summed E-state index contributed by atoms with van der Waals surface area (Å²) in [5, 5.41) is 9.38. The second-order valence-corrected chi connectivity index (χ2v) is 4.34. The number of imidazole rings is 1. The van der Waals surface area contributed by atoms with Crippen LogP contribution in [-0.4, -0.2) is 16.1 Å². The van der Waals surface area contributed by atoms with Gasteiger partial charge in [0.1, 0.15) is 5.82 Å². The van der Waals surface area contributed by atoms with E-state index in [4.69, 9.17) is 22.6 Å². The third-order valence-corrected chi connectivity index (χ3v) is 3.04. The van der Waals surface area contributed by atoms with Gasteiger partial charge in [-0.3, -0.25) is 0 Å². The van der Waals surface area contributed by atoms with E-state index in [1.54, 1.807) is 18.3 Å². The second-order valence-electron chi connectivity index (χ2n) is 3.93. The number of halogens is 1. The number of nitrogens with zero attached hydrogens (tertiary/aromatic N) is 3. The van der Waals surface area contributed by atoms with Crippen LogP contribution in [0.4, 0.5) is 0 Å². The van der Waals surface area contributed by atoms with Gasteiger partial charge in [-0.05, 0) is 24.2 Å². The van der Waals surface area contributed by atoms with Crippen molar-refractivity contribution in [1.82, 2.24) is 9.55 Å². The molecule has 1 aromatic heterocycles. The van der Waals surface area contributed by atoms with Gasteiger partial charge in [-0.2, -0.15) is 5.26 Å². The fourth-order valence-corrected chi connectivity index (χ4v) is 2.01. The number of benzene rings is 1. The van der Waals surface area contributed by atoms with Crippen molar-refractivity contribution < 1.29 is 0 Å². The third kappa shape index (κ3) is 2.70. The first-order valence-corrected chi connectivity index (χ1v) is 6.01. The topological polar surface area (TPSA) is 67.6 Å². The van der Waals surface area contributed by atoms with Crippen LogP contribution < -0.4 is 5.73 Å². The molecule has 0 amide bonds. The van der Waals surface area contributed by atoms with E-state index in [0.29, 0.717) is 23.7 Å². The molecule has 0 unspecified atom stereocenters. The van der Waals surface area contributed by atoms with Gasteiger partial charge < -0.3 is 10.3 Å². The van der Waals surface area contributed by atoms with Crippen LogP contribution in [0, 0.1) is 11.3 Å². The van der Waals surface area contributed by atoms with Crippen LogP contribution >= 0.6 is 11.6 Å². The standard InChI is InChI=1S/C13H13ClN4/c14-12-7-10(8-16)1-2-11(12)9-18-6-5-17-13(18)3-4-15/h1-2,5-7H,3-4,9,15H2. The minimum absolute atomic E-state index is 0.566. The minimum Gasteiger partial charge on any atom is -0.330 e. The highest BCUT2D eigenvalue weighted by Crippen LogP contribution is 2.19. The average molecular weight is 261 g/mol. The van der Waals surface area contributed by atoms with Crippen molar-refractivity contribution in [3.8, 4) is 6.07 Å². The smallest absolute Gasteiger partial charge is 0.110 e. The summed E-state index contributed by atoms with van der Waals surface area (Å²) in [5.74, 6) is 0.943. The fourth-order valence-electron chi connectivity index (χ4n) is 1.77. The van der Waals surface area contributed by atoms with Gasteiger partial charge in [0.2, 0.25) is 0 Å². The lowest BCUT2D eigenvalue weighted by Crippen LogP contribution is -2.10. The molecule has 0 fully saturated rings. The Balaban J connectivity index is 2.23. The van der Waals surface area contributed by atoms with Crippen LogP contribution in [-0.2, 0) is 13.0 Å². The number of hydrogen-bond acceptors (Lipinski definition) is 3. The molecule has 1 heterocycles. The summed E-state index contributed by atoms with van der Waals surface area (Å²) in [6, 6.07) is 7.38. The molecule has 4 nitrogen and oxygen atoms in total. The maximum Gasteiger partial charge on any atom is 0.110 e. The van der Waals surface area contributed by atoms with Crippen molar-refractivity contribution in [2.24, 2.45) is 5.73 Å². The molecule has 0 aliphatic heterocycles. The number of aromatic nitrogens is 2. The Kier molecular flexibility index (Phi) is 3.98. The van der Waals surface area contributed by atoms with Gasteiger partial charge in [-0.1, -0.05) is 17.7 Å². The lowest BCUT2D eigenvalue weighted by atomic mass is 10.1. The van der Waals surface area contributed by atoms with Gasteiger partial charge in [-0.15, -0.1) is 0 Å². The summed E-state index contributed by atoms with van der Waals surface area (Å²) in [5.41, 5.74) is 7.07. The maximum atomic E-state index is 8.79. The van der Waals surface area contributed by atoms with E-state index < -0.39 is 0 Å². The van der Waals surface area contributed by atoms with E-state index in [1.165, 1.54) is 0 Å². The van der Waals surface area contributed by atoms with Crippen LogP contribution in [0.2, 0.25) is 5.02 Å². The van der Waals surface area contributed by atoms with Crippen LogP contribution in [0.1, 0.15) is 17.0 Å². The van der Waals surface area contributed by atoms with Crippen LogP contribution in [0.25, 0.3) is 0 Å². The molecule has 0 aliphatic rings. The average Bonchev–Trinajstić information content (AvgIpc) is 2.80. The maximum absolute atomic E-state index is 8.79. The SMILES string of the molecule is N#Cc1ccc(Cn2ccnc2CCN)c(Cl)c1. The Hall–Kier alpha value is -1.83. The molecule has 0 saturated carbocycles. The monoisotopic (exact) mass is 260 g/mol. The van der Waals surface area contributed by atoms with E-state index in [1.807, 2.05) is 16.8 Å². The van der Waals surface area contributed by atoms with E-state index >= 15 is 0 Å². The molecule has 2 rings (SSSR count). The lowest BCUT2D eigenvalue weighted by molar-refractivity contribution is 0.716. The van der Waals surface area contributed by atoms with E-state index in [-0.39, 0.29) is 0 Å². The molecule has 0 atom stereocenters. The highest BCUT2D eigenvalue weighted by molar-refractivity contribution is 6.31. The zero-order valence-electron chi connectivity index (χ0n) is 9.81. The molecule has 1 aromatic carbocycles. The first kappa shape index (κ1) is 12.6. The number of rotatable bonds is 4. The zero-order chi connectivity index (χ0) is 13.0. The van der Waals surface area contributed by atoms with E-state index in [2.05, 4.69) is 11.1 Å². The Morgan fingerprint density at radius 2 is 2.28 bits per heavy atom. The number of nitriles is 1. The predicted octanol–water partition coefficient (Wildman–Crippen LogP) is 1.96. The molecule has 0 aliphatic carbocycles. The van der Waals surface area contributed by atoms with Gasteiger partial charge >= 0.3 is 0 Å². The Bertz CT molecular complexity index is 583. The first-order chi connectivity index (χ1) is 8.74. The molecule has 5 heteroatoms. The second kappa shape index (κ2) is 5.67. The normalized spacial score (nSPS) is 10.3. The Morgan fingerprint density at radius 1 is 1.44 bits per heavy atom. The summed E-state index contributed by atoms with van der Waals surface area (Å²) < 4.78 is 2.01. The largest absolute Gasteiger partial charge is 0.330 e. The van der Waals surface area contributed by atoms with Gasteiger partial charge in [0.25, 0.3) is 0 Å². The van der Waals surface area contributed by atoms with Crippen molar-refractivity contribution in [1.29, 1.82) is 5.26 Å². The molecular weight excluding hydrogens is 248 g/mol. The van der Waals surface area contributed by atoms with Crippen LogP contribution in [0.5, 0.6) is 0 Å². The zero-order valence-corrected chi connectivity index (χ0v) is 10.6. The highest BCUT2D eigenvalue weighted by atomic mass is 35.5. The summed E-state index contributed by atoms with van der Waals surface area (Å²) in [4.78, 5) is 4.25. The molecular formula is C13H13ClN4. The predicted molar refractivity (Wildman–Crippen MR) is 70.3 cm³/mol. The molecule has 92 valence electrons. The minimum atomic E-state index is 0.566. The third-order valence-electron chi connectivity index (χ3n) is 2.69. The molecule has 18 heavy (non-hydrogen) atoms. The van der Waals surface area contributed by atoms with Crippen molar-refractivity contribution in [2.75, 3.05) is 6.54 Å². The summed E-state index contributed by atoms with van der Waals surface area (Å²) in [6.07, 6.45) is 4.39. The van der Waals surface area contributed by atoms with Crippen molar-refractivity contribution in [2.45, 2.75) is 13.0 Å². The van der Waals surface area contributed by atoms with Crippen molar-refractivity contribution in [3.05, 3.63) is 52.6 Å². The summed E-state index contributed by atoms with van der Waals surface area (Å²) >= 11 is 6.14. The number of nitrogens with two attached hydrogens (primary N) is 1. The van der Waals surface area contributed by atoms with Crippen molar-refractivity contribution >= 4 is 11.6 Å². The lowest BCUT2D eigenvalue weighted by Gasteiger charge is -2.09. The first-order valence-electron chi connectivity index (χ1n) is 5.63. The quantitative estimate of drug-likeness (QED) is 0.914. The van der Waals surface area contributed by atoms with Crippen LogP contribution in [0.3, 0.4) is 0 Å².